The van der Waals surface area contributed by atoms with Crippen LogP contribution in [0.25, 0.3) is 11.0 Å². The maximum absolute atomic E-state index is 11.4. The summed E-state index contributed by atoms with van der Waals surface area (Å²) in [5.41, 5.74) is 3.90. The summed E-state index contributed by atoms with van der Waals surface area (Å²) < 4.78 is 10.2. The first-order chi connectivity index (χ1) is 16.7. The van der Waals surface area contributed by atoms with Crippen molar-refractivity contribution in [3.05, 3.63) is 48.3 Å². The molecule has 1 aliphatic heterocycles. The normalized spacial score (nSPS) is 16.8. The molecule has 8 heteroatoms. The Hall–Kier alpha value is -2.55. The van der Waals surface area contributed by atoms with Crippen molar-refractivity contribution < 1.29 is 14.6 Å². The Morgan fingerprint density at radius 3 is 2.69 bits per heavy atom. The molecule has 7 nitrogen and oxygen atoms in total. The molecule has 1 saturated heterocycles. The second-order valence-electron chi connectivity index (χ2n) is 10.2. The molecule has 2 N–H and O–H groups in total. The number of rotatable bonds is 7. The van der Waals surface area contributed by atoms with Crippen molar-refractivity contribution in [1.29, 1.82) is 0 Å². The number of nitrogens with zero attached hydrogens (tertiary/aromatic N) is 3. The fourth-order valence-corrected chi connectivity index (χ4v) is 5.29. The number of aliphatic hydroxyl groups excluding tert-OH is 1. The highest BCUT2D eigenvalue weighted by molar-refractivity contribution is 8.00. The van der Waals surface area contributed by atoms with Crippen LogP contribution in [0.5, 0.6) is 0 Å². The summed E-state index contributed by atoms with van der Waals surface area (Å²) in [6, 6.07) is 14.1. The SMILES string of the molecule is CN(Sc1ccc(NC(=O)CO)cc1)c1ccc2c(c1)nc(C(C)(C)C)n2CC1CCCOCC1. The van der Waals surface area contributed by atoms with E-state index in [9.17, 15) is 4.79 Å². The largest absolute Gasteiger partial charge is 0.387 e. The van der Waals surface area contributed by atoms with Crippen molar-refractivity contribution in [2.45, 2.75) is 56.9 Å². The summed E-state index contributed by atoms with van der Waals surface area (Å²) in [7, 11) is 2.04. The summed E-state index contributed by atoms with van der Waals surface area (Å²) in [5.74, 6) is 1.32. The first kappa shape index (κ1) is 25.5. The maximum Gasteiger partial charge on any atom is 0.250 e. The number of benzene rings is 2. The van der Waals surface area contributed by atoms with E-state index >= 15 is 0 Å². The van der Waals surface area contributed by atoms with Gasteiger partial charge < -0.3 is 24.0 Å². The highest BCUT2D eigenvalue weighted by atomic mass is 32.2. The summed E-state index contributed by atoms with van der Waals surface area (Å²) >= 11 is 1.61. The van der Waals surface area contributed by atoms with Gasteiger partial charge in [-0.1, -0.05) is 20.8 Å². The van der Waals surface area contributed by atoms with Crippen molar-refractivity contribution in [3.8, 4) is 0 Å². The molecule has 35 heavy (non-hydrogen) atoms. The second kappa shape index (κ2) is 11.0. The Balaban J connectivity index is 1.55. The summed E-state index contributed by atoms with van der Waals surface area (Å²) in [6.07, 6.45) is 3.43. The molecule has 0 bridgehead atoms. The van der Waals surface area contributed by atoms with Crippen LogP contribution >= 0.6 is 11.9 Å². The Labute approximate surface area is 212 Å². The molecule has 0 aliphatic carbocycles. The minimum Gasteiger partial charge on any atom is -0.387 e. The van der Waals surface area contributed by atoms with Gasteiger partial charge in [0.1, 0.15) is 12.4 Å². The van der Waals surface area contributed by atoms with Crippen LogP contribution in [-0.2, 0) is 21.5 Å². The summed E-state index contributed by atoms with van der Waals surface area (Å²) in [5, 5.41) is 11.5. The maximum atomic E-state index is 11.4. The molecule has 1 aliphatic rings. The Morgan fingerprint density at radius 2 is 1.97 bits per heavy atom. The van der Waals surface area contributed by atoms with E-state index in [1.165, 1.54) is 11.9 Å². The molecule has 4 rings (SSSR count). The van der Waals surface area contributed by atoms with Gasteiger partial charge in [-0.15, -0.1) is 0 Å². The predicted octanol–water partition coefficient (Wildman–Crippen LogP) is 5.22. The second-order valence-corrected chi connectivity index (χ2v) is 11.4. The van der Waals surface area contributed by atoms with Crippen LogP contribution in [0.2, 0.25) is 0 Å². The average Bonchev–Trinajstić information content (AvgIpc) is 3.00. The van der Waals surface area contributed by atoms with Gasteiger partial charge in [0.15, 0.2) is 0 Å². The molecule has 0 saturated carbocycles. The van der Waals surface area contributed by atoms with Gasteiger partial charge in [-0.25, -0.2) is 4.98 Å². The zero-order valence-corrected chi connectivity index (χ0v) is 21.9. The number of carbonyl (C=O) groups excluding carboxylic acids is 1. The van der Waals surface area contributed by atoms with Crippen LogP contribution in [0, 0.1) is 5.92 Å². The van der Waals surface area contributed by atoms with E-state index in [1.54, 1.807) is 11.9 Å². The number of carbonyl (C=O) groups is 1. The number of anilines is 2. The van der Waals surface area contributed by atoms with Crippen molar-refractivity contribution in [2.75, 3.05) is 36.5 Å². The van der Waals surface area contributed by atoms with Gasteiger partial charge in [-0.3, -0.25) is 4.79 Å². The van der Waals surface area contributed by atoms with Crippen molar-refractivity contribution in [1.82, 2.24) is 9.55 Å². The van der Waals surface area contributed by atoms with E-state index in [-0.39, 0.29) is 5.41 Å². The number of ether oxygens (including phenoxy) is 1. The van der Waals surface area contributed by atoms with Gasteiger partial charge in [-0.05, 0) is 79.6 Å². The third-order valence-electron chi connectivity index (χ3n) is 6.30. The smallest absolute Gasteiger partial charge is 0.250 e. The molecule has 1 aromatic heterocycles. The summed E-state index contributed by atoms with van der Waals surface area (Å²) in [6.45, 7) is 8.88. The number of aliphatic hydroxyl groups is 1. The molecular formula is C27H36N4O3S. The van der Waals surface area contributed by atoms with E-state index in [0.29, 0.717) is 11.6 Å². The number of aromatic nitrogens is 2. The van der Waals surface area contributed by atoms with Crippen molar-refractivity contribution in [3.63, 3.8) is 0 Å². The molecule has 1 fully saturated rings. The number of nitrogens with one attached hydrogen (secondary N) is 1. The number of imidazole rings is 1. The fourth-order valence-electron chi connectivity index (χ4n) is 4.49. The zero-order chi connectivity index (χ0) is 25.0. The summed E-state index contributed by atoms with van der Waals surface area (Å²) in [4.78, 5) is 17.5. The molecule has 1 atom stereocenters. The predicted molar refractivity (Wildman–Crippen MR) is 143 cm³/mol. The number of hydrogen-bond acceptors (Lipinski definition) is 6. The Morgan fingerprint density at radius 1 is 1.20 bits per heavy atom. The first-order valence-corrected chi connectivity index (χ1v) is 13.0. The fraction of sp³-hybridized carbons (Fsp3) is 0.481. The van der Waals surface area contributed by atoms with Gasteiger partial charge >= 0.3 is 0 Å². The quantitative estimate of drug-likeness (QED) is 0.436. The number of fused-ring (bicyclic) bond motifs is 1. The molecular weight excluding hydrogens is 460 g/mol. The molecule has 1 amide bonds. The number of hydrogen-bond donors (Lipinski definition) is 2. The molecule has 1 unspecified atom stereocenters. The molecule has 188 valence electrons. The van der Waals surface area contributed by atoms with Crippen molar-refractivity contribution in [2.24, 2.45) is 5.92 Å². The minimum atomic E-state index is -0.524. The van der Waals surface area contributed by atoms with Crippen LogP contribution in [0.1, 0.15) is 45.9 Å². The van der Waals surface area contributed by atoms with Crippen LogP contribution in [0.3, 0.4) is 0 Å². The Kier molecular flexibility index (Phi) is 8.04. The lowest BCUT2D eigenvalue weighted by molar-refractivity contribution is -0.118. The van der Waals surface area contributed by atoms with Gasteiger partial charge in [0.25, 0.3) is 0 Å². The van der Waals surface area contributed by atoms with Crippen LogP contribution in [-0.4, -0.2) is 47.4 Å². The van der Waals surface area contributed by atoms with Gasteiger partial charge in [0, 0.05) is 48.5 Å². The standard InChI is InChI=1S/C27H36N4O3S/c1-27(2,3)26-29-23-16-21(9-12-24(23)31(26)17-19-6-5-14-34-15-13-19)30(4)35-22-10-7-20(8-11-22)28-25(33)18-32/h7-12,16,19,32H,5-6,13-15,17-18H2,1-4H3,(H,28,33). The van der Waals surface area contributed by atoms with Crippen molar-refractivity contribution >= 4 is 40.3 Å². The highest BCUT2D eigenvalue weighted by Crippen LogP contribution is 2.33. The third kappa shape index (κ3) is 6.37. The van der Waals surface area contributed by atoms with Gasteiger partial charge in [0.2, 0.25) is 5.91 Å². The zero-order valence-electron chi connectivity index (χ0n) is 21.1. The molecule has 3 aromatic rings. The lowest BCUT2D eigenvalue weighted by Gasteiger charge is -2.23. The highest BCUT2D eigenvalue weighted by Gasteiger charge is 2.25. The van der Waals surface area contributed by atoms with E-state index in [0.717, 1.165) is 54.5 Å². The van der Waals surface area contributed by atoms with E-state index in [2.05, 4.69) is 53.2 Å². The molecule has 0 spiro atoms. The average molecular weight is 497 g/mol. The van der Waals surface area contributed by atoms with Gasteiger partial charge in [-0.2, -0.15) is 0 Å². The van der Waals surface area contributed by atoms with Crippen LogP contribution in [0.15, 0.2) is 47.4 Å². The minimum absolute atomic E-state index is 0.0474. The Bertz CT molecular complexity index is 1150. The first-order valence-electron chi connectivity index (χ1n) is 12.3. The van der Waals surface area contributed by atoms with Gasteiger partial charge in [0.05, 0.1) is 11.0 Å². The molecule has 2 aromatic carbocycles. The molecule has 2 heterocycles. The topological polar surface area (TPSA) is 79.6 Å². The van der Waals surface area contributed by atoms with E-state index in [1.807, 2.05) is 31.3 Å². The monoisotopic (exact) mass is 496 g/mol. The number of amides is 1. The van der Waals surface area contributed by atoms with E-state index in [4.69, 9.17) is 14.8 Å². The van der Waals surface area contributed by atoms with E-state index < -0.39 is 12.5 Å². The molecule has 0 radical (unpaired) electrons. The third-order valence-corrected chi connectivity index (χ3v) is 7.27. The lowest BCUT2D eigenvalue weighted by Crippen LogP contribution is -2.22. The van der Waals surface area contributed by atoms with Crippen LogP contribution in [0.4, 0.5) is 11.4 Å². The lowest BCUT2D eigenvalue weighted by atomic mass is 9.94. The van der Waals surface area contributed by atoms with Crippen LogP contribution < -0.4 is 9.62 Å².